The minimum atomic E-state index is -1.04. The summed E-state index contributed by atoms with van der Waals surface area (Å²) in [5.74, 6) is 0. The lowest BCUT2D eigenvalue weighted by molar-refractivity contribution is 0.00111. The van der Waals surface area contributed by atoms with Gasteiger partial charge in [-0.15, -0.1) is 6.58 Å². The van der Waals surface area contributed by atoms with Gasteiger partial charge in [-0.05, 0) is 19.4 Å². The highest BCUT2D eigenvalue weighted by atomic mass is 16.6. The molecule has 0 saturated carbocycles. The van der Waals surface area contributed by atoms with Gasteiger partial charge < -0.3 is 9.94 Å². The molecule has 0 bridgehead atoms. The van der Waals surface area contributed by atoms with Crippen LogP contribution in [0.2, 0.25) is 0 Å². The van der Waals surface area contributed by atoms with E-state index in [1.165, 1.54) is 6.08 Å². The van der Waals surface area contributed by atoms with E-state index >= 15 is 0 Å². The van der Waals surface area contributed by atoms with Crippen LogP contribution >= 0.6 is 0 Å². The van der Waals surface area contributed by atoms with Gasteiger partial charge in [0.15, 0.2) is 0 Å². The van der Waals surface area contributed by atoms with Crippen LogP contribution in [0.25, 0.3) is 0 Å². The monoisotopic (exact) mass is 219 g/mol. The van der Waals surface area contributed by atoms with Gasteiger partial charge in [0.25, 0.3) is 0 Å². The van der Waals surface area contributed by atoms with E-state index < -0.39 is 5.60 Å². The minimum absolute atomic E-state index is 0.0979. The standard InChI is InChI=1S/C13H17NO2/c1-4-13(3,15)10-16-14-11(2)12-8-6-5-7-9-12/h4-9,15H,1,10H2,2-3H3/b14-11+. The highest BCUT2D eigenvalue weighted by Gasteiger charge is 2.15. The molecule has 0 fully saturated rings. The van der Waals surface area contributed by atoms with Gasteiger partial charge in [0.2, 0.25) is 0 Å². The molecule has 0 amide bonds. The summed E-state index contributed by atoms with van der Waals surface area (Å²) in [6.07, 6.45) is 1.43. The first-order chi connectivity index (χ1) is 7.55. The lowest BCUT2D eigenvalue weighted by Gasteiger charge is -2.16. The summed E-state index contributed by atoms with van der Waals surface area (Å²) in [5, 5.41) is 13.5. The third-order valence-corrected chi connectivity index (χ3v) is 2.19. The van der Waals surface area contributed by atoms with E-state index in [4.69, 9.17) is 4.84 Å². The smallest absolute Gasteiger partial charge is 0.149 e. The lowest BCUT2D eigenvalue weighted by Crippen LogP contribution is -2.26. The van der Waals surface area contributed by atoms with Crippen LogP contribution in [0.1, 0.15) is 19.4 Å². The van der Waals surface area contributed by atoms with Crippen molar-refractivity contribution in [2.24, 2.45) is 5.16 Å². The molecule has 0 aromatic heterocycles. The fourth-order valence-corrected chi connectivity index (χ4v) is 1.05. The molecule has 1 aromatic rings. The number of benzene rings is 1. The first-order valence-electron chi connectivity index (χ1n) is 5.13. The molecule has 16 heavy (non-hydrogen) atoms. The van der Waals surface area contributed by atoms with E-state index in [9.17, 15) is 5.11 Å². The summed E-state index contributed by atoms with van der Waals surface area (Å²) in [6.45, 7) is 7.09. The van der Waals surface area contributed by atoms with Crippen molar-refractivity contribution >= 4 is 5.71 Å². The second-order valence-electron chi connectivity index (χ2n) is 3.88. The Kier molecular flexibility index (Phi) is 4.26. The molecule has 0 radical (unpaired) electrons. The van der Waals surface area contributed by atoms with Crippen molar-refractivity contribution in [3.05, 3.63) is 48.6 Å². The Morgan fingerprint density at radius 3 is 2.69 bits per heavy atom. The number of nitrogens with zero attached hydrogens (tertiary/aromatic N) is 1. The van der Waals surface area contributed by atoms with Crippen LogP contribution in [0.3, 0.4) is 0 Å². The zero-order valence-corrected chi connectivity index (χ0v) is 9.68. The second kappa shape index (κ2) is 5.47. The molecule has 1 unspecified atom stereocenters. The van der Waals surface area contributed by atoms with Crippen molar-refractivity contribution in [2.75, 3.05) is 6.61 Å². The van der Waals surface area contributed by atoms with Gasteiger partial charge >= 0.3 is 0 Å². The van der Waals surface area contributed by atoms with E-state index in [0.29, 0.717) is 0 Å². The van der Waals surface area contributed by atoms with E-state index in [1.807, 2.05) is 37.3 Å². The van der Waals surface area contributed by atoms with Gasteiger partial charge in [0.1, 0.15) is 12.2 Å². The van der Waals surface area contributed by atoms with Gasteiger partial charge in [-0.1, -0.05) is 41.6 Å². The minimum Gasteiger partial charge on any atom is -0.392 e. The maximum atomic E-state index is 9.59. The molecule has 0 aliphatic carbocycles. The van der Waals surface area contributed by atoms with Gasteiger partial charge in [-0.25, -0.2) is 0 Å². The maximum absolute atomic E-state index is 9.59. The van der Waals surface area contributed by atoms with Crippen molar-refractivity contribution < 1.29 is 9.94 Å². The van der Waals surface area contributed by atoms with E-state index in [2.05, 4.69) is 11.7 Å². The molecular weight excluding hydrogens is 202 g/mol. The molecule has 3 heteroatoms. The number of oxime groups is 1. The zero-order valence-electron chi connectivity index (χ0n) is 9.68. The Hall–Kier alpha value is -1.61. The Morgan fingerprint density at radius 1 is 1.50 bits per heavy atom. The fourth-order valence-electron chi connectivity index (χ4n) is 1.05. The average Bonchev–Trinajstić information content (AvgIpc) is 2.30. The van der Waals surface area contributed by atoms with Crippen LogP contribution in [-0.2, 0) is 4.84 Å². The van der Waals surface area contributed by atoms with Crippen LogP contribution in [0.5, 0.6) is 0 Å². The van der Waals surface area contributed by atoms with Crippen LogP contribution < -0.4 is 0 Å². The normalized spacial score (nSPS) is 15.3. The molecule has 3 nitrogen and oxygen atoms in total. The van der Waals surface area contributed by atoms with Crippen molar-refractivity contribution in [3.63, 3.8) is 0 Å². The Balaban J connectivity index is 2.56. The Bertz CT molecular complexity index is 369. The SMILES string of the molecule is C=CC(C)(O)CO/N=C(\C)c1ccccc1. The molecule has 86 valence electrons. The van der Waals surface area contributed by atoms with Gasteiger partial charge in [-0.3, -0.25) is 0 Å². The predicted molar refractivity (Wildman–Crippen MR) is 65.4 cm³/mol. The molecule has 0 aliphatic heterocycles. The lowest BCUT2D eigenvalue weighted by atomic mass is 10.1. The topological polar surface area (TPSA) is 41.8 Å². The van der Waals surface area contributed by atoms with Gasteiger partial charge in [0, 0.05) is 0 Å². The van der Waals surface area contributed by atoms with Crippen molar-refractivity contribution in [1.82, 2.24) is 0 Å². The molecular formula is C13H17NO2. The average molecular weight is 219 g/mol. The second-order valence-corrected chi connectivity index (χ2v) is 3.88. The molecule has 0 spiro atoms. The summed E-state index contributed by atoms with van der Waals surface area (Å²) in [4.78, 5) is 5.07. The fraction of sp³-hybridized carbons (Fsp3) is 0.308. The quantitative estimate of drug-likeness (QED) is 0.469. The molecule has 0 heterocycles. The number of aliphatic hydroxyl groups is 1. The number of hydrogen-bond donors (Lipinski definition) is 1. The van der Waals surface area contributed by atoms with Crippen molar-refractivity contribution in [2.45, 2.75) is 19.4 Å². The molecule has 1 atom stereocenters. The Labute approximate surface area is 96.1 Å². The largest absolute Gasteiger partial charge is 0.392 e. The van der Waals surface area contributed by atoms with Crippen LogP contribution in [0.15, 0.2) is 48.1 Å². The highest BCUT2D eigenvalue weighted by molar-refractivity contribution is 5.98. The van der Waals surface area contributed by atoms with Crippen LogP contribution in [0.4, 0.5) is 0 Å². The highest BCUT2D eigenvalue weighted by Crippen LogP contribution is 2.06. The van der Waals surface area contributed by atoms with E-state index in [0.717, 1.165) is 11.3 Å². The summed E-state index contributed by atoms with van der Waals surface area (Å²) in [7, 11) is 0. The zero-order chi connectivity index (χ0) is 12.0. The molecule has 1 aromatic carbocycles. The predicted octanol–water partition coefficient (Wildman–Crippen LogP) is 2.36. The maximum Gasteiger partial charge on any atom is 0.149 e. The van der Waals surface area contributed by atoms with Crippen molar-refractivity contribution in [1.29, 1.82) is 0 Å². The van der Waals surface area contributed by atoms with E-state index in [-0.39, 0.29) is 6.61 Å². The first kappa shape index (κ1) is 12.5. The van der Waals surface area contributed by atoms with Gasteiger partial charge in [-0.2, -0.15) is 0 Å². The van der Waals surface area contributed by atoms with E-state index in [1.54, 1.807) is 6.92 Å². The molecule has 1 N–H and O–H groups in total. The first-order valence-corrected chi connectivity index (χ1v) is 5.13. The summed E-state index contributed by atoms with van der Waals surface area (Å²) >= 11 is 0. The Morgan fingerprint density at radius 2 is 2.12 bits per heavy atom. The summed E-state index contributed by atoms with van der Waals surface area (Å²) in [6, 6.07) is 9.73. The van der Waals surface area contributed by atoms with Gasteiger partial charge in [0.05, 0.1) is 5.71 Å². The third kappa shape index (κ3) is 3.87. The summed E-state index contributed by atoms with van der Waals surface area (Å²) in [5.41, 5.74) is 0.738. The molecule has 0 aliphatic rings. The third-order valence-electron chi connectivity index (χ3n) is 2.19. The van der Waals surface area contributed by atoms with Crippen molar-refractivity contribution in [3.8, 4) is 0 Å². The molecule has 0 saturated heterocycles. The number of hydrogen-bond acceptors (Lipinski definition) is 3. The van der Waals surface area contributed by atoms with Crippen LogP contribution in [0, 0.1) is 0 Å². The molecule has 1 rings (SSSR count). The summed E-state index contributed by atoms with van der Waals surface area (Å²) < 4.78 is 0. The number of rotatable bonds is 5. The van der Waals surface area contributed by atoms with Crippen LogP contribution in [-0.4, -0.2) is 23.0 Å².